The summed E-state index contributed by atoms with van der Waals surface area (Å²) < 4.78 is 49.4. The van der Waals surface area contributed by atoms with Crippen LogP contribution in [0.5, 0.6) is 0 Å². The third kappa shape index (κ3) is 4.22. The Morgan fingerprint density at radius 3 is 2.59 bits per heavy atom. The highest BCUT2D eigenvalue weighted by Gasteiger charge is 2.34. The summed E-state index contributed by atoms with van der Waals surface area (Å²) in [4.78, 5) is 4.32. The van der Waals surface area contributed by atoms with Crippen LogP contribution in [-0.4, -0.2) is 12.0 Å². The molecular weight excluding hydrogens is 308 g/mol. The predicted octanol–water partition coefficient (Wildman–Crippen LogP) is 2.94. The Morgan fingerprint density at radius 2 is 2.06 bits per heavy atom. The molecule has 3 nitrogen and oxygen atoms in total. The molecule has 0 saturated heterocycles. The van der Waals surface area contributed by atoms with Crippen molar-refractivity contribution >= 4 is 21.8 Å². The standard InChI is InChI=1S/C9H7BrF4N2O/c10-6-2-1-5(7(11)3-6)4-17-16-8(15)9(12,13)14/h1-3H,4H2,(H2,15,16). The Morgan fingerprint density at radius 1 is 1.41 bits per heavy atom. The van der Waals surface area contributed by atoms with Gasteiger partial charge in [0.2, 0.25) is 5.84 Å². The number of rotatable bonds is 3. The molecule has 0 bridgehead atoms. The number of hydrogen-bond acceptors (Lipinski definition) is 2. The summed E-state index contributed by atoms with van der Waals surface area (Å²) in [5.74, 6) is -2.23. The lowest BCUT2D eigenvalue weighted by Crippen LogP contribution is -2.31. The Bertz CT molecular complexity index is 433. The van der Waals surface area contributed by atoms with Crippen LogP contribution in [0.1, 0.15) is 5.56 Å². The van der Waals surface area contributed by atoms with Gasteiger partial charge in [-0.1, -0.05) is 27.2 Å². The number of alkyl halides is 3. The van der Waals surface area contributed by atoms with E-state index in [1.54, 1.807) is 0 Å². The van der Waals surface area contributed by atoms with Crippen LogP contribution in [0.2, 0.25) is 0 Å². The number of nitrogens with zero attached hydrogens (tertiary/aromatic N) is 1. The van der Waals surface area contributed by atoms with E-state index in [0.29, 0.717) is 4.47 Å². The summed E-state index contributed by atoms with van der Waals surface area (Å²) in [6.45, 7) is -0.435. The molecule has 0 aliphatic carbocycles. The van der Waals surface area contributed by atoms with E-state index in [-0.39, 0.29) is 5.56 Å². The van der Waals surface area contributed by atoms with Crippen molar-refractivity contribution in [3.8, 4) is 0 Å². The van der Waals surface area contributed by atoms with Gasteiger partial charge < -0.3 is 10.6 Å². The zero-order valence-electron chi connectivity index (χ0n) is 8.26. The maximum atomic E-state index is 13.2. The highest BCUT2D eigenvalue weighted by molar-refractivity contribution is 9.10. The van der Waals surface area contributed by atoms with E-state index < -0.39 is 24.4 Å². The minimum absolute atomic E-state index is 0.0759. The largest absolute Gasteiger partial charge is 0.452 e. The van der Waals surface area contributed by atoms with Crippen molar-refractivity contribution in [3.05, 3.63) is 34.1 Å². The number of oxime groups is 1. The minimum Gasteiger partial charge on any atom is -0.389 e. The molecule has 0 amide bonds. The second-order valence-corrected chi connectivity index (χ2v) is 3.90. The molecule has 2 N–H and O–H groups in total. The molecule has 0 saturated carbocycles. The Hall–Kier alpha value is -1.31. The fourth-order valence-electron chi connectivity index (χ4n) is 0.862. The summed E-state index contributed by atoms with van der Waals surface area (Å²) in [6.07, 6.45) is -4.75. The van der Waals surface area contributed by atoms with E-state index in [0.717, 1.165) is 6.07 Å². The zero-order valence-corrected chi connectivity index (χ0v) is 9.85. The third-order valence-corrected chi connectivity index (χ3v) is 2.18. The van der Waals surface area contributed by atoms with Gasteiger partial charge in [-0.25, -0.2) is 4.39 Å². The summed E-state index contributed by atoms with van der Waals surface area (Å²) in [5.41, 5.74) is 4.65. The second-order valence-electron chi connectivity index (χ2n) is 2.98. The van der Waals surface area contributed by atoms with Crippen LogP contribution >= 0.6 is 15.9 Å². The lowest BCUT2D eigenvalue weighted by molar-refractivity contribution is -0.0637. The molecule has 0 unspecified atom stereocenters. The third-order valence-electron chi connectivity index (χ3n) is 1.69. The molecule has 0 atom stereocenters. The summed E-state index contributed by atoms with van der Waals surface area (Å²) >= 11 is 3.04. The van der Waals surface area contributed by atoms with E-state index in [9.17, 15) is 17.6 Å². The van der Waals surface area contributed by atoms with Gasteiger partial charge in [-0.2, -0.15) is 13.2 Å². The fourth-order valence-corrected chi connectivity index (χ4v) is 1.20. The van der Waals surface area contributed by atoms with Crippen LogP contribution in [0.15, 0.2) is 27.8 Å². The van der Waals surface area contributed by atoms with Crippen molar-refractivity contribution in [2.45, 2.75) is 12.8 Å². The van der Waals surface area contributed by atoms with Crippen LogP contribution in [0.4, 0.5) is 17.6 Å². The van der Waals surface area contributed by atoms with Gasteiger partial charge in [-0.05, 0) is 12.1 Å². The maximum Gasteiger partial charge on any atom is 0.452 e. The maximum absolute atomic E-state index is 13.2. The number of nitrogens with two attached hydrogens (primary N) is 1. The van der Waals surface area contributed by atoms with Crippen molar-refractivity contribution in [1.82, 2.24) is 0 Å². The molecule has 1 aromatic carbocycles. The lowest BCUT2D eigenvalue weighted by Gasteiger charge is -2.05. The predicted molar refractivity (Wildman–Crippen MR) is 56.6 cm³/mol. The molecular formula is C9H7BrF4N2O. The fraction of sp³-hybridized carbons (Fsp3) is 0.222. The van der Waals surface area contributed by atoms with E-state index in [1.807, 2.05) is 0 Å². The zero-order chi connectivity index (χ0) is 13.1. The van der Waals surface area contributed by atoms with Gasteiger partial charge in [-0.3, -0.25) is 0 Å². The highest BCUT2D eigenvalue weighted by Crippen LogP contribution is 2.17. The van der Waals surface area contributed by atoms with Gasteiger partial charge in [0.05, 0.1) is 0 Å². The molecule has 0 aliphatic heterocycles. The Labute approximate surface area is 102 Å². The molecule has 0 spiro atoms. The van der Waals surface area contributed by atoms with Gasteiger partial charge in [-0.15, -0.1) is 0 Å². The molecule has 0 heterocycles. The van der Waals surface area contributed by atoms with Crippen LogP contribution in [0.3, 0.4) is 0 Å². The number of benzene rings is 1. The Balaban J connectivity index is 2.63. The first kappa shape index (κ1) is 13.8. The average Bonchev–Trinajstić information content (AvgIpc) is 2.19. The van der Waals surface area contributed by atoms with Gasteiger partial charge >= 0.3 is 6.18 Å². The molecule has 8 heteroatoms. The molecule has 0 fully saturated rings. The normalized spacial score (nSPS) is 12.6. The molecule has 94 valence electrons. The van der Waals surface area contributed by atoms with Crippen molar-refractivity contribution in [3.63, 3.8) is 0 Å². The molecule has 0 radical (unpaired) electrons. The summed E-state index contributed by atoms with van der Waals surface area (Å²) in [5, 5.41) is 2.65. The first-order chi connectivity index (χ1) is 7.80. The Kier molecular flexibility index (Phi) is 4.33. The molecule has 1 rings (SSSR count). The van der Waals surface area contributed by atoms with Gasteiger partial charge in [0.25, 0.3) is 0 Å². The number of hydrogen-bond donors (Lipinski definition) is 1. The van der Waals surface area contributed by atoms with Crippen LogP contribution in [0, 0.1) is 5.82 Å². The number of amidine groups is 1. The van der Waals surface area contributed by atoms with Gasteiger partial charge in [0.1, 0.15) is 12.4 Å². The molecule has 17 heavy (non-hydrogen) atoms. The summed E-state index contributed by atoms with van der Waals surface area (Å²) in [6, 6.07) is 4.05. The van der Waals surface area contributed by atoms with Crippen LogP contribution in [0.25, 0.3) is 0 Å². The lowest BCUT2D eigenvalue weighted by atomic mass is 10.2. The van der Waals surface area contributed by atoms with Crippen molar-refractivity contribution in [1.29, 1.82) is 0 Å². The SMILES string of the molecule is NC(=NOCc1ccc(Br)cc1F)C(F)(F)F. The molecule has 0 aromatic heterocycles. The molecule has 1 aromatic rings. The van der Waals surface area contributed by atoms with E-state index in [2.05, 4.69) is 31.7 Å². The second kappa shape index (κ2) is 5.35. The van der Waals surface area contributed by atoms with Crippen LogP contribution in [-0.2, 0) is 11.4 Å². The van der Waals surface area contributed by atoms with E-state index in [4.69, 9.17) is 0 Å². The van der Waals surface area contributed by atoms with Gasteiger partial charge in [0, 0.05) is 10.0 Å². The topological polar surface area (TPSA) is 47.6 Å². The molecule has 0 aliphatic rings. The monoisotopic (exact) mass is 314 g/mol. The van der Waals surface area contributed by atoms with E-state index in [1.165, 1.54) is 12.1 Å². The quantitative estimate of drug-likeness (QED) is 0.403. The van der Waals surface area contributed by atoms with Crippen molar-refractivity contribution in [2.75, 3.05) is 0 Å². The smallest absolute Gasteiger partial charge is 0.389 e. The average molecular weight is 315 g/mol. The van der Waals surface area contributed by atoms with Crippen molar-refractivity contribution < 1.29 is 22.4 Å². The highest BCUT2D eigenvalue weighted by atomic mass is 79.9. The van der Waals surface area contributed by atoms with Gasteiger partial charge in [0.15, 0.2) is 0 Å². The number of halogens is 5. The first-order valence-electron chi connectivity index (χ1n) is 4.27. The minimum atomic E-state index is -4.75. The van der Waals surface area contributed by atoms with Crippen molar-refractivity contribution in [2.24, 2.45) is 10.9 Å². The van der Waals surface area contributed by atoms with E-state index >= 15 is 0 Å². The van der Waals surface area contributed by atoms with Crippen LogP contribution < -0.4 is 5.73 Å². The summed E-state index contributed by atoms with van der Waals surface area (Å²) in [7, 11) is 0. The first-order valence-corrected chi connectivity index (χ1v) is 5.06.